The Balaban J connectivity index is 1.75. The number of sulfone groups is 1. The highest BCUT2D eigenvalue weighted by atomic mass is 32.2. The van der Waals surface area contributed by atoms with Crippen LogP contribution in [0.15, 0.2) is 24.4 Å². The third-order valence-corrected chi connectivity index (χ3v) is 5.29. The molecule has 10 heteroatoms. The van der Waals surface area contributed by atoms with E-state index in [9.17, 15) is 21.6 Å². The van der Waals surface area contributed by atoms with E-state index in [-0.39, 0.29) is 35.0 Å². The van der Waals surface area contributed by atoms with E-state index in [0.29, 0.717) is 6.42 Å². The van der Waals surface area contributed by atoms with E-state index in [2.05, 4.69) is 20.6 Å². The monoisotopic (exact) mass is 358 g/mol. The SMILES string of the molecule is O=S1(=O)CCC(Nc2nccc(Nc3ccc(F)c(F)c3F)n2)C1. The standard InChI is InChI=1S/C14H13F3N4O2S/c15-9-1-2-10(13(17)12(9)16)20-11-3-5-18-14(21-11)19-8-4-6-24(22,23)7-8/h1-3,5,8H,4,6-7H2,(H2,18,19,20,21). The van der Waals surface area contributed by atoms with Gasteiger partial charge >= 0.3 is 0 Å². The van der Waals surface area contributed by atoms with Crippen molar-refractivity contribution in [2.45, 2.75) is 12.5 Å². The quantitative estimate of drug-likeness (QED) is 0.816. The van der Waals surface area contributed by atoms with Gasteiger partial charge in [0.1, 0.15) is 5.82 Å². The maximum absolute atomic E-state index is 13.7. The molecule has 1 fully saturated rings. The molecule has 0 saturated carbocycles. The Kier molecular flexibility index (Phi) is 4.31. The summed E-state index contributed by atoms with van der Waals surface area (Å²) in [5.74, 6) is -3.82. The zero-order valence-corrected chi connectivity index (χ0v) is 13.1. The van der Waals surface area contributed by atoms with Crippen molar-refractivity contribution in [1.82, 2.24) is 9.97 Å². The molecular formula is C14H13F3N4O2S. The predicted octanol–water partition coefficient (Wildman–Crippen LogP) is 2.24. The number of rotatable bonds is 4. The highest BCUT2D eigenvalue weighted by Gasteiger charge is 2.28. The third kappa shape index (κ3) is 3.58. The second-order valence-corrected chi connectivity index (χ2v) is 7.59. The molecule has 0 radical (unpaired) electrons. The van der Waals surface area contributed by atoms with Crippen molar-refractivity contribution >= 4 is 27.3 Å². The van der Waals surface area contributed by atoms with Gasteiger partial charge in [0.25, 0.3) is 0 Å². The van der Waals surface area contributed by atoms with Crippen molar-refractivity contribution in [3.8, 4) is 0 Å². The van der Waals surface area contributed by atoms with E-state index in [0.717, 1.165) is 12.1 Å². The van der Waals surface area contributed by atoms with Crippen LogP contribution in [0.2, 0.25) is 0 Å². The molecule has 2 aromatic rings. The van der Waals surface area contributed by atoms with Gasteiger partial charge in [0.15, 0.2) is 27.3 Å². The van der Waals surface area contributed by atoms with Crippen molar-refractivity contribution < 1.29 is 21.6 Å². The van der Waals surface area contributed by atoms with Crippen LogP contribution in [-0.4, -0.2) is 35.9 Å². The Morgan fingerprint density at radius 1 is 1.12 bits per heavy atom. The molecule has 1 unspecified atom stereocenters. The molecule has 1 aromatic heterocycles. The Bertz CT molecular complexity index is 876. The Labute approximate surface area is 136 Å². The number of nitrogens with zero attached hydrogens (tertiary/aromatic N) is 2. The van der Waals surface area contributed by atoms with Gasteiger partial charge in [0.2, 0.25) is 5.95 Å². The van der Waals surface area contributed by atoms with Crippen LogP contribution in [0.3, 0.4) is 0 Å². The molecule has 0 spiro atoms. The minimum absolute atomic E-state index is 0.00812. The predicted molar refractivity (Wildman–Crippen MR) is 82.3 cm³/mol. The Morgan fingerprint density at radius 3 is 2.62 bits per heavy atom. The van der Waals surface area contributed by atoms with Crippen molar-refractivity contribution in [3.05, 3.63) is 41.8 Å². The van der Waals surface area contributed by atoms with Gasteiger partial charge in [-0.1, -0.05) is 0 Å². The smallest absolute Gasteiger partial charge is 0.224 e. The van der Waals surface area contributed by atoms with E-state index in [1.807, 2.05) is 0 Å². The average Bonchev–Trinajstić information content (AvgIpc) is 2.87. The molecule has 3 rings (SSSR count). The first kappa shape index (κ1) is 16.5. The first-order chi connectivity index (χ1) is 11.3. The summed E-state index contributed by atoms with van der Waals surface area (Å²) in [5.41, 5.74) is -0.276. The van der Waals surface area contributed by atoms with Crippen LogP contribution >= 0.6 is 0 Å². The number of hydrogen-bond acceptors (Lipinski definition) is 6. The average molecular weight is 358 g/mol. The van der Waals surface area contributed by atoms with E-state index in [4.69, 9.17) is 0 Å². The third-order valence-electron chi connectivity index (χ3n) is 3.52. The largest absolute Gasteiger partial charge is 0.350 e. The topological polar surface area (TPSA) is 84.0 Å². The molecule has 0 aliphatic carbocycles. The molecular weight excluding hydrogens is 345 g/mol. The molecule has 2 N–H and O–H groups in total. The van der Waals surface area contributed by atoms with Gasteiger partial charge in [-0.3, -0.25) is 0 Å². The minimum Gasteiger partial charge on any atom is -0.350 e. The van der Waals surface area contributed by atoms with Crippen LogP contribution in [0.25, 0.3) is 0 Å². The van der Waals surface area contributed by atoms with Crippen molar-refractivity contribution in [2.75, 3.05) is 22.1 Å². The van der Waals surface area contributed by atoms with E-state index < -0.39 is 27.3 Å². The number of hydrogen-bond donors (Lipinski definition) is 2. The normalized spacial score (nSPS) is 19.2. The fourth-order valence-electron chi connectivity index (χ4n) is 2.35. The van der Waals surface area contributed by atoms with Gasteiger partial charge in [-0.15, -0.1) is 0 Å². The first-order valence-corrected chi connectivity index (χ1v) is 8.87. The van der Waals surface area contributed by atoms with Gasteiger partial charge in [-0.25, -0.2) is 26.6 Å². The van der Waals surface area contributed by atoms with E-state index in [1.54, 1.807) is 0 Å². The molecule has 6 nitrogen and oxygen atoms in total. The number of benzene rings is 1. The zero-order chi connectivity index (χ0) is 17.3. The molecule has 2 heterocycles. The van der Waals surface area contributed by atoms with Crippen molar-refractivity contribution in [1.29, 1.82) is 0 Å². The maximum Gasteiger partial charge on any atom is 0.224 e. The molecule has 0 amide bonds. The van der Waals surface area contributed by atoms with E-state index in [1.165, 1.54) is 12.3 Å². The molecule has 128 valence electrons. The van der Waals surface area contributed by atoms with Crippen molar-refractivity contribution in [3.63, 3.8) is 0 Å². The summed E-state index contributed by atoms with van der Waals surface area (Å²) in [4.78, 5) is 8.02. The zero-order valence-electron chi connectivity index (χ0n) is 12.3. The summed E-state index contributed by atoms with van der Waals surface area (Å²) in [6.45, 7) is 0. The summed E-state index contributed by atoms with van der Waals surface area (Å²) in [6.07, 6.45) is 1.82. The minimum atomic E-state index is -3.05. The highest BCUT2D eigenvalue weighted by Crippen LogP contribution is 2.23. The fourth-order valence-corrected chi connectivity index (χ4v) is 4.02. The first-order valence-electron chi connectivity index (χ1n) is 7.04. The summed E-state index contributed by atoms with van der Waals surface area (Å²) < 4.78 is 62.7. The van der Waals surface area contributed by atoms with Crippen LogP contribution in [0.4, 0.5) is 30.6 Å². The van der Waals surface area contributed by atoms with Crippen LogP contribution in [-0.2, 0) is 9.84 Å². The summed E-state index contributed by atoms with van der Waals surface area (Å²) >= 11 is 0. The lowest BCUT2D eigenvalue weighted by Crippen LogP contribution is -2.22. The Morgan fingerprint density at radius 2 is 1.92 bits per heavy atom. The number of aromatic nitrogens is 2. The molecule has 1 saturated heterocycles. The van der Waals surface area contributed by atoms with Crippen LogP contribution in [0.5, 0.6) is 0 Å². The molecule has 1 aromatic carbocycles. The number of anilines is 3. The fraction of sp³-hybridized carbons (Fsp3) is 0.286. The highest BCUT2D eigenvalue weighted by molar-refractivity contribution is 7.91. The second-order valence-electron chi connectivity index (χ2n) is 5.36. The maximum atomic E-state index is 13.7. The summed E-state index contributed by atoms with van der Waals surface area (Å²) in [7, 11) is -3.05. The lowest BCUT2D eigenvalue weighted by molar-refractivity contribution is 0.449. The summed E-state index contributed by atoms with van der Waals surface area (Å²) in [5, 5.41) is 5.42. The molecule has 0 bridgehead atoms. The Hall–Kier alpha value is -2.36. The van der Waals surface area contributed by atoms with E-state index >= 15 is 0 Å². The molecule has 1 atom stereocenters. The number of nitrogens with one attached hydrogen (secondary N) is 2. The van der Waals surface area contributed by atoms with Gasteiger partial charge in [-0.05, 0) is 24.6 Å². The summed E-state index contributed by atoms with van der Waals surface area (Å²) in [6, 6.07) is 2.96. The molecule has 24 heavy (non-hydrogen) atoms. The van der Waals surface area contributed by atoms with Crippen molar-refractivity contribution in [2.24, 2.45) is 0 Å². The van der Waals surface area contributed by atoms with Gasteiger partial charge < -0.3 is 10.6 Å². The van der Waals surface area contributed by atoms with Gasteiger partial charge in [0.05, 0.1) is 17.2 Å². The molecule has 1 aliphatic heterocycles. The van der Waals surface area contributed by atoms with Crippen LogP contribution < -0.4 is 10.6 Å². The molecule has 1 aliphatic rings. The van der Waals surface area contributed by atoms with Crippen LogP contribution in [0, 0.1) is 17.5 Å². The van der Waals surface area contributed by atoms with Crippen LogP contribution in [0.1, 0.15) is 6.42 Å². The van der Waals surface area contributed by atoms with Gasteiger partial charge in [0, 0.05) is 12.2 Å². The second kappa shape index (κ2) is 6.27. The van der Waals surface area contributed by atoms with Gasteiger partial charge in [-0.2, -0.15) is 4.98 Å². The lowest BCUT2D eigenvalue weighted by atomic mass is 10.2. The lowest BCUT2D eigenvalue weighted by Gasteiger charge is -2.12. The number of halogens is 3.